The molecule has 1 unspecified atom stereocenters. The monoisotopic (exact) mass is 558 g/mol. The number of fused-ring (bicyclic) bond motifs is 1. The molecule has 1 fully saturated rings. The average Bonchev–Trinajstić information content (AvgIpc) is 3.29. The van der Waals surface area contributed by atoms with E-state index in [4.69, 9.17) is 16.2 Å². The molecule has 3 heterocycles. The van der Waals surface area contributed by atoms with Gasteiger partial charge in [0.25, 0.3) is 0 Å². The third-order valence-electron chi connectivity index (χ3n) is 6.67. The van der Waals surface area contributed by atoms with E-state index in [0.29, 0.717) is 47.0 Å². The second-order valence-corrected chi connectivity index (χ2v) is 9.88. The Kier molecular flexibility index (Phi) is 11.6. The fourth-order valence-electron chi connectivity index (χ4n) is 4.76. The minimum absolute atomic E-state index is 0.130. The summed E-state index contributed by atoms with van der Waals surface area (Å²) in [6.07, 6.45) is 9.90. The van der Waals surface area contributed by atoms with E-state index >= 15 is 0 Å². The molecule has 4 aromatic rings. The maximum Gasteiger partial charge on any atom is 0.334 e. The molecule has 0 bridgehead atoms. The quantitative estimate of drug-likeness (QED) is 0.155. The summed E-state index contributed by atoms with van der Waals surface area (Å²) in [5.41, 5.74) is 14.3. The highest BCUT2D eigenvalue weighted by molar-refractivity contribution is 5.87. The Bertz CT molecular complexity index is 1460. The summed E-state index contributed by atoms with van der Waals surface area (Å²) in [7, 11) is 0. The Morgan fingerprint density at radius 2 is 1.63 bits per heavy atom. The zero-order valence-electron chi connectivity index (χ0n) is 24.3. The molecular weight excluding hydrogens is 516 g/mol. The molecule has 0 aliphatic carbocycles. The highest BCUT2D eigenvalue weighted by atomic mass is 16.5. The molecule has 1 saturated heterocycles. The summed E-state index contributed by atoms with van der Waals surface area (Å²) < 4.78 is 9.18. The third-order valence-corrected chi connectivity index (χ3v) is 6.67. The van der Waals surface area contributed by atoms with Gasteiger partial charge < -0.3 is 21.1 Å². The molecule has 218 valence electrons. The van der Waals surface area contributed by atoms with Gasteiger partial charge in [-0.25, -0.2) is 9.78 Å². The number of pyridine rings is 1. The van der Waals surface area contributed by atoms with Crippen LogP contribution in [0.2, 0.25) is 0 Å². The van der Waals surface area contributed by atoms with Gasteiger partial charge in [0, 0.05) is 25.0 Å². The predicted octanol–water partition coefficient (Wildman–Crippen LogP) is 6.33. The maximum absolute atomic E-state index is 13.6. The van der Waals surface area contributed by atoms with E-state index in [0.717, 1.165) is 19.3 Å². The summed E-state index contributed by atoms with van der Waals surface area (Å²) in [6, 6.07) is 16.0. The molecule has 1 aliphatic rings. The predicted molar refractivity (Wildman–Crippen MR) is 168 cm³/mol. The minimum Gasteiger partial charge on any atom is -0.457 e. The number of nitrogen functional groups attached to an aromatic ring is 2. The zero-order valence-corrected chi connectivity index (χ0v) is 24.3. The van der Waals surface area contributed by atoms with Crippen molar-refractivity contribution < 1.29 is 9.53 Å². The topological polar surface area (TPSA) is 121 Å². The average molecular weight is 559 g/mol. The molecule has 1 amide bonds. The number of carbonyl (C=O) groups excluding carboxylic acids is 1. The fraction of sp³-hybridized carbons (Fsp3) is 0.344. The maximum atomic E-state index is 13.6. The number of piperidine rings is 1. The number of ether oxygens (including phenoxy) is 1. The van der Waals surface area contributed by atoms with Gasteiger partial charge in [0.05, 0.1) is 17.2 Å². The molecule has 2 aromatic heterocycles. The number of hydrogen-bond acceptors (Lipinski definition) is 6. The number of unbranched alkanes of at least 4 members (excludes halogenated alkanes) is 2. The molecular formula is C32H42N6O3. The Morgan fingerprint density at radius 1 is 1.02 bits per heavy atom. The summed E-state index contributed by atoms with van der Waals surface area (Å²) in [5.74, 6) is 1.56. The van der Waals surface area contributed by atoms with Crippen LogP contribution in [0.4, 0.5) is 11.5 Å². The number of carbonyl (C=O) groups is 1. The van der Waals surface area contributed by atoms with E-state index in [-0.39, 0.29) is 17.5 Å². The summed E-state index contributed by atoms with van der Waals surface area (Å²) in [6.45, 7) is 10.9. The van der Waals surface area contributed by atoms with Gasteiger partial charge in [-0.05, 0) is 74.4 Å². The van der Waals surface area contributed by atoms with Crippen molar-refractivity contribution in [3.05, 3.63) is 83.9 Å². The van der Waals surface area contributed by atoms with Gasteiger partial charge in [-0.1, -0.05) is 39.2 Å². The molecule has 9 nitrogen and oxygen atoms in total. The number of aromatic nitrogens is 3. The molecule has 2 aromatic carbocycles. The summed E-state index contributed by atoms with van der Waals surface area (Å²) >= 11 is 0. The molecule has 1 aliphatic heterocycles. The van der Waals surface area contributed by atoms with Crippen LogP contribution in [0.5, 0.6) is 11.5 Å². The number of nitrogens with two attached hydrogens (primary N) is 2. The Morgan fingerprint density at radius 3 is 2.20 bits per heavy atom. The first-order chi connectivity index (χ1) is 19.9. The lowest BCUT2D eigenvalue weighted by Crippen LogP contribution is -2.39. The van der Waals surface area contributed by atoms with Gasteiger partial charge in [-0.3, -0.25) is 13.9 Å². The number of amides is 1. The van der Waals surface area contributed by atoms with Crippen molar-refractivity contribution in [2.24, 2.45) is 0 Å². The number of imidazole rings is 1. The second kappa shape index (κ2) is 15.3. The Hall–Kier alpha value is -4.53. The Labute approximate surface area is 242 Å². The lowest BCUT2D eigenvalue weighted by atomic mass is 10.1. The standard InChI is InChI=1S/C24H24N6O3.C5H12.C3H6/c25-16-3-7-19(8-4-16)33-20-9-5-17(6-10-20)30-22-21(11-12-27-23(22)26)29(24(30)32)18-2-1-13-28(14-18)15-31;1-3-5-4-2;1-3-2/h3-12,15,18H,1-2,13-14,25H2,(H2,26,27);3-5H2,1-2H3;3H,1H2,2H3. The highest BCUT2D eigenvalue weighted by Gasteiger charge is 2.27. The first kappa shape index (κ1) is 31.0. The van der Waals surface area contributed by atoms with E-state index in [1.54, 1.807) is 68.8 Å². The number of benzene rings is 2. The normalized spacial score (nSPS) is 14.3. The van der Waals surface area contributed by atoms with Gasteiger partial charge in [0.15, 0.2) is 0 Å². The van der Waals surface area contributed by atoms with E-state index in [1.165, 1.54) is 19.3 Å². The van der Waals surface area contributed by atoms with E-state index in [2.05, 4.69) is 25.4 Å². The van der Waals surface area contributed by atoms with Crippen molar-refractivity contribution in [2.45, 2.75) is 58.9 Å². The first-order valence-electron chi connectivity index (χ1n) is 14.2. The number of anilines is 2. The van der Waals surface area contributed by atoms with Crippen LogP contribution in [0.1, 0.15) is 58.9 Å². The highest BCUT2D eigenvalue weighted by Crippen LogP contribution is 2.29. The largest absolute Gasteiger partial charge is 0.457 e. The molecule has 41 heavy (non-hydrogen) atoms. The van der Waals surface area contributed by atoms with E-state index < -0.39 is 0 Å². The van der Waals surface area contributed by atoms with Crippen LogP contribution in [-0.4, -0.2) is 38.5 Å². The van der Waals surface area contributed by atoms with Crippen LogP contribution in [0, 0.1) is 0 Å². The first-order valence-corrected chi connectivity index (χ1v) is 14.2. The van der Waals surface area contributed by atoms with Gasteiger partial charge in [0.1, 0.15) is 22.8 Å². The summed E-state index contributed by atoms with van der Waals surface area (Å²) in [4.78, 5) is 30.9. The van der Waals surface area contributed by atoms with Gasteiger partial charge >= 0.3 is 5.69 Å². The lowest BCUT2D eigenvalue weighted by Gasteiger charge is -2.30. The van der Waals surface area contributed by atoms with Crippen molar-refractivity contribution in [1.29, 1.82) is 0 Å². The zero-order chi connectivity index (χ0) is 29.8. The minimum atomic E-state index is -0.213. The van der Waals surface area contributed by atoms with Crippen LogP contribution < -0.4 is 21.9 Å². The van der Waals surface area contributed by atoms with Crippen LogP contribution in [0.3, 0.4) is 0 Å². The molecule has 9 heteroatoms. The van der Waals surface area contributed by atoms with E-state index in [9.17, 15) is 9.59 Å². The molecule has 1 atom stereocenters. The smallest absolute Gasteiger partial charge is 0.334 e. The molecule has 0 radical (unpaired) electrons. The molecule has 4 N–H and O–H groups in total. The van der Waals surface area contributed by atoms with Crippen LogP contribution in [0.15, 0.2) is 78.2 Å². The van der Waals surface area contributed by atoms with Gasteiger partial charge in [-0.15, -0.1) is 6.58 Å². The Balaban J connectivity index is 0.000000515. The number of nitrogens with zero attached hydrogens (tertiary/aromatic N) is 4. The van der Waals surface area contributed by atoms with Crippen molar-refractivity contribution in [2.75, 3.05) is 24.6 Å². The number of rotatable bonds is 7. The van der Waals surface area contributed by atoms with Crippen molar-refractivity contribution in [3.8, 4) is 17.2 Å². The molecule has 0 spiro atoms. The molecule has 5 rings (SSSR count). The number of allylic oxidation sites excluding steroid dienone is 1. The van der Waals surface area contributed by atoms with Gasteiger partial charge in [-0.2, -0.15) is 0 Å². The van der Waals surface area contributed by atoms with Crippen molar-refractivity contribution in [1.82, 2.24) is 19.0 Å². The van der Waals surface area contributed by atoms with Crippen LogP contribution in [0.25, 0.3) is 16.7 Å². The van der Waals surface area contributed by atoms with Crippen LogP contribution >= 0.6 is 0 Å². The van der Waals surface area contributed by atoms with Crippen molar-refractivity contribution in [3.63, 3.8) is 0 Å². The third kappa shape index (κ3) is 7.78. The van der Waals surface area contributed by atoms with E-state index in [1.807, 2.05) is 19.1 Å². The number of hydrogen-bond donors (Lipinski definition) is 2. The lowest BCUT2D eigenvalue weighted by molar-refractivity contribution is -0.119. The second-order valence-electron chi connectivity index (χ2n) is 9.88. The molecule has 0 saturated carbocycles. The van der Waals surface area contributed by atoms with Gasteiger partial charge in [0.2, 0.25) is 6.41 Å². The van der Waals surface area contributed by atoms with Crippen molar-refractivity contribution >= 4 is 28.9 Å². The SMILES string of the molecule is C=CC.CCCCC.Nc1ccc(Oc2ccc(-n3c(=O)n(C4CCCN(C=O)C4)c4ccnc(N)c43)cc2)cc1. The summed E-state index contributed by atoms with van der Waals surface area (Å²) in [5, 5.41) is 0. The fourth-order valence-corrected chi connectivity index (χ4v) is 4.76. The van der Waals surface area contributed by atoms with Crippen LogP contribution in [-0.2, 0) is 4.79 Å². The number of likely N-dealkylation sites (tertiary alicyclic amines) is 1.